The van der Waals surface area contributed by atoms with Crippen molar-refractivity contribution in [2.24, 2.45) is 0 Å². The molecule has 0 aliphatic heterocycles. The number of nitrogens with one attached hydrogen (secondary N) is 1. The van der Waals surface area contributed by atoms with Gasteiger partial charge in [-0.15, -0.1) is 0 Å². The average Bonchev–Trinajstić information content (AvgIpc) is 2.53. The molecule has 6 heteroatoms. The van der Waals surface area contributed by atoms with Crippen molar-refractivity contribution >= 4 is 11.9 Å². The van der Waals surface area contributed by atoms with Gasteiger partial charge in [0.1, 0.15) is 0 Å². The van der Waals surface area contributed by atoms with Crippen LogP contribution in [0.4, 0.5) is 0 Å². The molecule has 6 nitrogen and oxygen atoms in total. The van der Waals surface area contributed by atoms with E-state index in [1.54, 1.807) is 30.5 Å². The first-order chi connectivity index (χ1) is 10.1. The van der Waals surface area contributed by atoms with Gasteiger partial charge in [-0.05, 0) is 17.7 Å². The van der Waals surface area contributed by atoms with Gasteiger partial charge in [-0.2, -0.15) is 0 Å². The van der Waals surface area contributed by atoms with Gasteiger partial charge < -0.3 is 15.2 Å². The summed E-state index contributed by atoms with van der Waals surface area (Å²) in [4.78, 5) is 27.1. The Hall–Kier alpha value is -2.89. The predicted molar refractivity (Wildman–Crippen MR) is 75.4 cm³/mol. The number of nitrogens with zero attached hydrogens (tertiary/aromatic N) is 1. The monoisotopic (exact) mass is 286 g/mol. The lowest BCUT2D eigenvalue weighted by Crippen LogP contribution is -2.24. The molecule has 2 rings (SSSR count). The van der Waals surface area contributed by atoms with Gasteiger partial charge in [0.15, 0.2) is 0 Å². The normalized spacial score (nSPS) is 9.95. The van der Waals surface area contributed by atoms with Gasteiger partial charge in [0.25, 0.3) is 5.91 Å². The topological polar surface area (TPSA) is 88.5 Å². The fourth-order valence-corrected chi connectivity index (χ4v) is 1.78. The van der Waals surface area contributed by atoms with Crippen LogP contribution in [0.3, 0.4) is 0 Å². The molecule has 0 aliphatic rings. The zero-order chi connectivity index (χ0) is 15.2. The fraction of sp³-hybridized carbons (Fsp3) is 0.133. The van der Waals surface area contributed by atoms with Crippen LogP contribution in [0.2, 0.25) is 0 Å². The third-order valence-electron chi connectivity index (χ3n) is 2.86. The molecule has 0 bridgehead atoms. The van der Waals surface area contributed by atoms with E-state index in [9.17, 15) is 9.59 Å². The Labute approximate surface area is 121 Å². The number of hydrogen-bond donors (Lipinski definition) is 2. The average molecular weight is 286 g/mol. The van der Waals surface area contributed by atoms with Crippen molar-refractivity contribution in [1.29, 1.82) is 0 Å². The van der Waals surface area contributed by atoms with E-state index in [0.717, 1.165) is 5.56 Å². The molecule has 1 heterocycles. The molecule has 0 radical (unpaired) electrons. The Morgan fingerprint density at radius 2 is 1.90 bits per heavy atom. The lowest BCUT2D eigenvalue weighted by atomic mass is 10.1. The maximum Gasteiger partial charge on any atom is 0.336 e. The number of benzene rings is 1. The lowest BCUT2D eigenvalue weighted by Gasteiger charge is -2.08. The Morgan fingerprint density at radius 1 is 1.19 bits per heavy atom. The number of carboxylic acids is 1. The van der Waals surface area contributed by atoms with Gasteiger partial charge in [0, 0.05) is 18.8 Å². The molecule has 0 saturated heterocycles. The van der Waals surface area contributed by atoms with Gasteiger partial charge in [-0.3, -0.25) is 4.79 Å². The standard InChI is InChI=1S/C15H14N2O4/c1-21-13-7-6-10(8-16-13)9-17-14(18)11-4-2-3-5-12(11)15(19)20/h2-8H,9H2,1H3,(H,17,18)(H,19,20). The molecular formula is C15H14N2O4. The number of carbonyl (C=O) groups excluding carboxylic acids is 1. The minimum atomic E-state index is -1.13. The second-order valence-electron chi connectivity index (χ2n) is 4.24. The smallest absolute Gasteiger partial charge is 0.336 e. The van der Waals surface area contributed by atoms with Crippen LogP contribution in [0.15, 0.2) is 42.6 Å². The summed E-state index contributed by atoms with van der Waals surface area (Å²) >= 11 is 0. The second-order valence-corrected chi connectivity index (χ2v) is 4.24. The number of aromatic nitrogens is 1. The summed E-state index contributed by atoms with van der Waals surface area (Å²) in [6.45, 7) is 0.254. The molecular weight excluding hydrogens is 272 g/mol. The first-order valence-corrected chi connectivity index (χ1v) is 6.21. The first kappa shape index (κ1) is 14.5. The summed E-state index contributed by atoms with van der Waals surface area (Å²) in [5.74, 6) is -1.09. The highest BCUT2D eigenvalue weighted by Crippen LogP contribution is 2.10. The third-order valence-corrected chi connectivity index (χ3v) is 2.86. The third kappa shape index (κ3) is 3.56. The zero-order valence-electron chi connectivity index (χ0n) is 11.4. The van der Waals surface area contributed by atoms with E-state index in [2.05, 4.69) is 10.3 Å². The van der Waals surface area contributed by atoms with Crippen molar-refractivity contribution in [3.05, 3.63) is 59.3 Å². The quantitative estimate of drug-likeness (QED) is 0.873. The number of ether oxygens (including phenoxy) is 1. The molecule has 0 unspecified atom stereocenters. The summed E-state index contributed by atoms with van der Waals surface area (Å²) in [5.41, 5.74) is 0.895. The molecule has 0 fully saturated rings. The summed E-state index contributed by atoms with van der Waals surface area (Å²) in [6, 6.07) is 9.53. The van der Waals surface area contributed by atoms with E-state index >= 15 is 0 Å². The molecule has 0 saturated carbocycles. The molecule has 1 aromatic heterocycles. The number of rotatable bonds is 5. The summed E-state index contributed by atoms with van der Waals surface area (Å²) < 4.78 is 4.94. The molecule has 1 aromatic carbocycles. The van der Waals surface area contributed by atoms with E-state index in [4.69, 9.17) is 9.84 Å². The number of methoxy groups -OCH3 is 1. The maximum absolute atomic E-state index is 12.0. The summed E-state index contributed by atoms with van der Waals surface area (Å²) in [6.07, 6.45) is 1.59. The van der Waals surface area contributed by atoms with Gasteiger partial charge in [-0.25, -0.2) is 9.78 Å². The van der Waals surface area contributed by atoms with Gasteiger partial charge in [0.2, 0.25) is 5.88 Å². The number of carboxylic acid groups (broad SMARTS) is 1. The molecule has 2 aromatic rings. The molecule has 1 amide bonds. The minimum absolute atomic E-state index is 0.0251. The van der Waals surface area contributed by atoms with Crippen LogP contribution in [0.5, 0.6) is 5.88 Å². The fourth-order valence-electron chi connectivity index (χ4n) is 1.78. The van der Waals surface area contributed by atoms with Crippen molar-refractivity contribution < 1.29 is 19.4 Å². The highest BCUT2D eigenvalue weighted by Gasteiger charge is 2.15. The van der Waals surface area contributed by atoms with Crippen molar-refractivity contribution in [2.45, 2.75) is 6.54 Å². The highest BCUT2D eigenvalue weighted by molar-refractivity contribution is 6.04. The van der Waals surface area contributed by atoms with E-state index in [0.29, 0.717) is 5.88 Å². The maximum atomic E-state index is 12.0. The SMILES string of the molecule is COc1ccc(CNC(=O)c2ccccc2C(=O)O)cn1. The first-order valence-electron chi connectivity index (χ1n) is 6.21. The molecule has 0 aliphatic carbocycles. The summed E-state index contributed by atoms with van der Waals surface area (Å²) in [5, 5.41) is 11.7. The molecule has 108 valence electrons. The van der Waals surface area contributed by atoms with Crippen LogP contribution in [0.1, 0.15) is 26.3 Å². The molecule has 2 N–H and O–H groups in total. The molecule has 21 heavy (non-hydrogen) atoms. The Kier molecular flexibility index (Phi) is 4.50. The molecule has 0 atom stereocenters. The van der Waals surface area contributed by atoms with Crippen LogP contribution < -0.4 is 10.1 Å². The summed E-state index contributed by atoms with van der Waals surface area (Å²) in [7, 11) is 1.52. The van der Waals surface area contributed by atoms with Gasteiger partial charge >= 0.3 is 5.97 Å². The highest BCUT2D eigenvalue weighted by atomic mass is 16.5. The van der Waals surface area contributed by atoms with E-state index < -0.39 is 11.9 Å². The van der Waals surface area contributed by atoms with Crippen LogP contribution in [0.25, 0.3) is 0 Å². The largest absolute Gasteiger partial charge is 0.481 e. The van der Waals surface area contributed by atoms with Crippen LogP contribution in [-0.2, 0) is 6.54 Å². The van der Waals surface area contributed by atoms with Crippen LogP contribution >= 0.6 is 0 Å². The molecule has 0 spiro atoms. The minimum Gasteiger partial charge on any atom is -0.481 e. The predicted octanol–water partition coefficient (Wildman–Crippen LogP) is 1.72. The Balaban J connectivity index is 2.06. The van der Waals surface area contributed by atoms with E-state index in [1.807, 2.05) is 0 Å². The zero-order valence-corrected chi connectivity index (χ0v) is 11.4. The Bertz CT molecular complexity index is 653. The number of carbonyl (C=O) groups is 2. The van der Waals surface area contributed by atoms with Crippen LogP contribution in [-0.4, -0.2) is 29.1 Å². The van der Waals surface area contributed by atoms with Crippen molar-refractivity contribution in [3.8, 4) is 5.88 Å². The number of aromatic carboxylic acids is 1. The van der Waals surface area contributed by atoms with Gasteiger partial charge in [0.05, 0.1) is 18.2 Å². The number of hydrogen-bond acceptors (Lipinski definition) is 4. The Morgan fingerprint density at radius 3 is 2.48 bits per heavy atom. The van der Waals surface area contributed by atoms with Crippen molar-refractivity contribution in [1.82, 2.24) is 10.3 Å². The second kappa shape index (κ2) is 6.51. The number of amides is 1. The van der Waals surface area contributed by atoms with Crippen molar-refractivity contribution in [3.63, 3.8) is 0 Å². The number of pyridine rings is 1. The van der Waals surface area contributed by atoms with E-state index in [-0.39, 0.29) is 17.7 Å². The van der Waals surface area contributed by atoms with Crippen LogP contribution in [0, 0.1) is 0 Å². The van der Waals surface area contributed by atoms with Crippen molar-refractivity contribution in [2.75, 3.05) is 7.11 Å². The van der Waals surface area contributed by atoms with E-state index in [1.165, 1.54) is 19.2 Å². The lowest BCUT2D eigenvalue weighted by molar-refractivity contribution is 0.0691. The van der Waals surface area contributed by atoms with Gasteiger partial charge in [-0.1, -0.05) is 18.2 Å².